The van der Waals surface area contributed by atoms with Gasteiger partial charge in [0.1, 0.15) is 11.5 Å². The summed E-state index contributed by atoms with van der Waals surface area (Å²) < 4.78 is 10.6. The number of hydrogen-bond acceptors (Lipinski definition) is 3. The Kier molecular flexibility index (Phi) is 5.27. The highest BCUT2D eigenvalue weighted by atomic mass is 16.5. The van der Waals surface area contributed by atoms with Crippen molar-refractivity contribution in [1.29, 1.82) is 0 Å². The molecule has 0 fully saturated rings. The molecule has 0 bridgehead atoms. The Labute approximate surface area is 137 Å². The lowest BCUT2D eigenvalue weighted by Gasteiger charge is -2.20. The van der Waals surface area contributed by atoms with Gasteiger partial charge in [-0.1, -0.05) is 17.7 Å². The number of nitrogens with zero attached hydrogens (tertiary/aromatic N) is 1. The highest BCUT2D eigenvalue weighted by Crippen LogP contribution is 2.26. The highest BCUT2D eigenvalue weighted by Gasteiger charge is 2.16. The largest absolute Gasteiger partial charge is 0.497 e. The van der Waals surface area contributed by atoms with Crippen LogP contribution in [0.4, 0.5) is 0 Å². The van der Waals surface area contributed by atoms with E-state index in [9.17, 15) is 4.79 Å². The van der Waals surface area contributed by atoms with Crippen molar-refractivity contribution in [2.45, 2.75) is 20.4 Å². The van der Waals surface area contributed by atoms with Crippen LogP contribution in [0.15, 0.2) is 36.4 Å². The van der Waals surface area contributed by atoms with Gasteiger partial charge in [-0.25, -0.2) is 0 Å². The zero-order valence-corrected chi connectivity index (χ0v) is 14.3. The van der Waals surface area contributed by atoms with Gasteiger partial charge in [0.15, 0.2) is 0 Å². The van der Waals surface area contributed by atoms with Gasteiger partial charge in [0.25, 0.3) is 5.91 Å². The molecule has 0 N–H and O–H groups in total. The predicted molar refractivity (Wildman–Crippen MR) is 91.3 cm³/mol. The quantitative estimate of drug-likeness (QED) is 0.846. The molecule has 0 unspecified atom stereocenters. The van der Waals surface area contributed by atoms with Crippen molar-refractivity contribution >= 4 is 5.91 Å². The van der Waals surface area contributed by atoms with Gasteiger partial charge in [0.05, 0.1) is 14.2 Å². The van der Waals surface area contributed by atoms with Crippen LogP contribution in [-0.4, -0.2) is 32.1 Å². The molecule has 1 amide bonds. The van der Waals surface area contributed by atoms with Crippen molar-refractivity contribution in [3.63, 3.8) is 0 Å². The van der Waals surface area contributed by atoms with Gasteiger partial charge in [-0.3, -0.25) is 4.79 Å². The van der Waals surface area contributed by atoms with E-state index in [1.165, 1.54) is 0 Å². The summed E-state index contributed by atoms with van der Waals surface area (Å²) >= 11 is 0. The molecule has 23 heavy (non-hydrogen) atoms. The van der Waals surface area contributed by atoms with Crippen molar-refractivity contribution in [2.75, 3.05) is 21.3 Å². The smallest absolute Gasteiger partial charge is 0.254 e. The van der Waals surface area contributed by atoms with E-state index in [-0.39, 0.29) is 5.91 Å². The number of aryl methyl sites for hydroxylation is 2. The summed E-state index contributed by atoms with van der Waals surface area (Å²) in [4.78, 5) is 14.4. The van der Waals surface area contributed by atoms with Gasteiger partial charge >= 0.3 is 0 Å². The maximum atomic E-state index is 12.7. The molecule has 0 aliphatic carbocycles. The van der Waals surface area contributed by atoms with Gasteiger partial charge in [-0.2, -0.15) is 0 Å². The monoisotopic (exact) mass is 313 g/mol. The molecule has 0 saturated carbocycles. The third-order valence-electron chi connectivity index (χ3n) is 3.86. The number of methoxy groups -OCH3 is 2. The van der Waals surface area contributed by atoms with Crippen LogP contribution < -0.4 is 9.47 Å². The van der Waals surface area contributed by atoms with Crippen LogP contribution in [0.1, 0.15) is 27.0 Å². The molecule has 2 aromatic rings. The zero-order valence-electron chi connectivity index (χ0n) is 14.3. The summed E-state index contributed by atoms with van der Waals surface area (Å²) in [5.74, 6) is 1.44. The average Bonchev–Trinajstić information content (AvgIpc) is 2.54. The molecule has 4 heteroatoms. The second-order valence-electron chi connectivity index (χ2n) is 5.66. The Morgan fingerprint density at radius 3 is 2.39 bits per heavy atom. The van der Waals surface area contributed by atoms with Crippen molar-refractivity contribution in [2.24, 2.45) is 0 Å². The number of hydrogen-bond donors (Lipinski definition) is 0. The molecule has 2 aromatic carbocycles. The summed E-state index contributed by atoms with van der Waals surface area (Å²) in [5.41, 5.74) is 3.81. The van der Waals surface area contributed by atoms with E-state index in [0.29, 0.717) is 12.3 Å². The van der Waals surface area contributed by atoms with Gasteiger partial charge in [0, 0.05) is 30.8 Å². The fraction of sp³-hybridized carbons (Fsp3) is 0.316. The SMILES string of the molecule is COc1ccc(CN(C)C(=O)c2ccc(C)cc2C)c(OC)c1. The maximum Gasteiger partial charge on any atom is 0.254 e. The van der Waals surface area contributed by atoms with Crippen molar-refractivity contribution < 1.29 is 14.3 Å². The number of amides is 1. The molecule has 0 saturated heterocycles. The van der Waals surface area contributed by atoms with Gasteiger partial charge in [-0.15, -0.1) is 0 Å². The van der Waals surface area contributed by atoms with Crippen molar-refractivity contribution in [3.8, 4) is 11.5 Å². The van der Waals surface area contributed by atoms with Gasteiger partial charge < -0.3 is 14.4 Å². The van der Waals surface area contributed by atoms with Crippen LogP contribution in [0.3, 0.4) is 0 Å². The predicted octanol–water partition coefficient (Wildman–Crippen LogP) is 3.59. The van der Waals surface area contributed by atoms with Crippen LogP contribution in [0, 0.1) is 13.8 Å². The summed E-state index contributed by atoms with van der Waals surface area (Å²) in [6, 6.07) is 11.5. The molecule has 0 heterocycles. The Balaban J connectivity index is 2.21. The number of carbonyl (C=O) groups excluding carboxylic acids is 1. The van der Waals surface area contributed by atoms with Crippen LogP contribution in [-0.2, 0) is 6.54 Å². The first-order valence-corrected chi connectivity index (χ1v) is 7.50. The lowest BCUT2D eigenvalue weighted by molar-refractivity contribution is 0.0783. The van der Waals surface area contributed by atoms with Crippen molar-refractivity contribution in [3.05, 3.63) is 58.7 Å². The molecule has 4 nitrogen and oxygen atoms in total. The molecule has 0 atom stereocenters. The number of carbonyl (C=O) groups is 1. The van der Waals surface area contributed by atoms with E-state index in [2.05, 4.69) is 0 Å². The first kappa shape index (κ1) is 16.9. The standard InChI is InChI=1S/C19H23NO3/c1-13-6-9-17(14(2)10-13)19(21)20(3)12-15-7-8-16(22-4)11-18(15)23-5/h6-11H,12H2,1-5H3. The summed E-state index contributed by atoms with van der Waals surface area (Å²) in [6.07, 6.45) is 0. The molecular formula is C19H23NO3. The normalized spacial score (nSPS) is 10.3. The van der Waals surface area contributed by atoms with Gasteiger partial charge in [0.2, 0.25) is 0 Å². The number of benzene rings is 2. The molecule has 2 rings (SSSR count). The van der Waals surface area contributed by atoms with E-state index in [1.54, 1.807) is 26.2 Å². The zero-order chi connectivity index (χ0) is 17.0. The summed E-state index contributed by atoms with van der Waals surface area (Å²) in [5, 5.41) is 0. The molecule has 122 valence electrons. The molecule has 0 aromatic heterocycles. The minimum absolute atomic E-state index is 0.000344. The topological polar surface area (TPSA) is 38.8 Å². The average molecular weight is 313 g/mol. The molecule has 0 radical (unpaired) electrons. The van der Waals surface area contributed by atoms with E-state index >= 15 is 0 Å². The first-order chi connectivity index (χ1) is 11.0. The fourth-order valence-corrected chi connectivity index (χ4v) is 2.57. The third kappa shape index (κ3) is 3.83. The lowest BCUT2D eigenvalue weighted by atomic mass is 10.0. The number of rotatable bonds is 5. The molecule has 0 aliphatic rings. The Morgan fingerprint density at radius 2 is 1.78 bits per heavy atom. The summed E-state index contributed by atoms with van der Waals surface area (Å²) in [7, 11) is 5.03. The van der Waals surface area contributed by atoms with Gasteiger partial charge in [-0.05, 0) is 37.6 Å². The Hall–Kier alpha value is -2.49. The van der Waals surface area contributed by atoms with E-state index in [1.807, 2.05) is 50.2 Å². The Morgan fingerprint density at radius 1 is 1.04 bits per heavy atom. The Bertz CT molecular complexity index is 710. The molecule has 0 aliphatic heterocycles. The number of ether oxygens (including phenoxy) is 2. The van der Waals surface area contributed by atoms with E-state index in [4.69, 9.17) is 9.47 Å². The first-order valence-electron chi connectivity index (χ1n) is 7.50. The highest BCUT2D eigenvalue weighted by molar-refractivity contribution is 5.95. The van der Waals surface area contributed by atoms with Crippen LogP contribution in [0.2, 0.25) is 0 Å². The third-order valence-corrected chi connectivity index (χ3v) is 3.86. The van der Waals surface area contributed by atoms with E-state index < -0.39 is 0 Å². The van der Waals surface area contributed by atoms with Crippen LogP contribution in [0.25, 0.3) is 0 Å². The van der Waals surface area contributed by atoms with Crippen molar-refractivity contribution in [1.82, 2.24) is 4.90 Å². The van der Waals surface area contributed by atoms with Crippen LogP contribution in [0.5, 0.6) is 11.5 Å². The van der Waals surface area contributed by atoms with E-state index in [0.717, 1.165) is 28.0 Å². The molecular weight excluding hydrogens is 290 g/mol. The van der Waals surface area contributed by atoms with Crippen LogP contribution >= 0.6 is 0 Å². The maximum absolute atomic E-state index is 12.7. The minimum Gasteiger partial charge on any atom is -0.497 e. The molecule has 0 spiro atoms. The fourth-order valence-electron chi connectivity index (χ4n) is 2.57. The minimum atomic E-state index is 0.000344. The second kappa shape index (κ2) is 7.18. The second-order valence-corrected chi connectivity index (χ2v) is 5.66. The lowest BCUT2D eigenvalue weighted by Crippen LogP contribution is -2.27. The summed E-state index contributed by atoms with van der Waals surface area (Å²) in [6.45, 7) is 4.45.